The van der Waals surface area contributed by atoms with E-state index in [1.165, 1.54) is 44.2 Å². The van der Waals surface area contributed by atoms with Crippen LogP contribution >= 0.6 is 0 Å². The zero-order chi connectivity index (χ0) is 27.1. The van der Waals surface area contributed by atoms with Gasteiger partial charge in [0, 0.05) is 31.9 Å². The number of hydrogen-bond donors (Lipinski definition) is 1. The fourth-order valence-corrected chi connectivity index (χ4v) is 5.18. The maximum Gasteiger partial charge on any atom is 0.337 e. The third-order valence-electron chi connectivity index (χ3n) is 7.14. The third-order valence-corrected chi connectivity index (χ3v) is 7.14. The highest BCUT2D eigenvalue weighted by atomic mass is 16.5. The van der Waals surface area contributed by atoms with Crippen LogP contribution in [0.3, 0.4) is 0 Å². The molecule has 3 heterocycles. The summed E-state index contributed by atoms with van der Waals surface area (Å²) in [6.07, 6.45) is 5.71. The molecule has 2 aromatic carbocycles. The molecule has 1 fully saturated rings. The molecular formula is C31H41N5O2. The van der Waals surface area contributed by atoms with Crippen LogP contribution in [0.25, 0.3) is 21.9 Å². The van der Waals surface area contributed by atoms with Gasteiger partial charge in [0.1, 0.15) is 11.3 Å². The van der Waals surface area contributed by atoms with Crippen molar-refractivity contribution in [3.8, 4) is 0 Å². The lowest BCUT2D eigenvalue weighted by molar-refractivity contribution is 0.0601. The number of hydrogen-bond acceptors (Lipinski definition) is 6. The summed E-state index contributed by atoms with van der Waals surface area (Å²) < 4.78 is 7.27. The molecule has 0 radical (unpaired) electrons. The van der Waals surface area contributed by atoms with Crippen LogP contribution in [-0.4, -0.2) is 52.7 Å². The first-order chi connectivity index (χ1) is 18.6. The summed E-state index contributed by atoms with van der Waals surface area (Å²) in [5.41, 5.74) is 5.77. The van der Waals surface area contributed by atoms with Gasteiger partial charge in [0.2, 0.25) is 0 Å². The maximum atomic E-state index is 12.2. The number of rotatable bonds is 9. The van der Waals surface area contributed by atoms with Gasteiger partial charge in [-0.15, -0.1) is 0 Å². The average molecular weight is 516 g/mol. The lowest BCUT2D eigenvalue weighted by Gasteiger charge is -2.15. The van der Waals surface area contributed by atoms with Gasteiger partial charge in [-0.1, -0.05) is 51.5 Å². The SMILES string of the molecule is CC.CCCCc1nc2c(NC)nc3cc(C(=O)OC)ccc3c2n1Cc1ccc(CN2CCCC2)cc1. The minimum atomic E-state index is -0.365. The average Bonchev–Trinajstić information content (AvgIpc) is 3.61. The van der Waals surface area contributed by atoms with Crippen LogP contribution in [0.4, 0.5) is 5.82 Å². The van der Waals surface area contributed by atoms with Crippen LogP contribution in [0.2, 0.25) is 0 Å². The van der Waals surface area contributed by atoms with E-state index in [0.717, 1.165) is 65.9 Å². The number of esters is 1. The summed E-state index contributed by atoms with van der Waals surface area (Å²) in [4.78, 5) is 24.6. The number of aryl methyl sites for hydroxylation is 1. The molecular weight excluding hydrogens is 474 g/mol. The number of carbonyl (C=O) groups is 1. The molecule has 0 amide bonds. The third kappa shape index (κ3) is 5.83. The van der Waals surface area contributed by atoms with Crippen molar-refractivity contribution >= 4 is 33.7 Å². The number of methoxy groups -OCH3 is 1. The maximum absolute atomic E-state index is 12.2. The Kier molecular flexibility index (Phi) is 9.34. The topological polar surface area (TPSA) is 72.3 Å². The first-order valence-corrected chi connectivity index (χ1v) is 14.0. The second-order valence-electron chi connectivity index (χ2n) is 9.65. The number of carbonyl (C=O) groups excluding carboxylic acids is 1. The number of nitrogens with zero attached hydrogens (tertiary/aromatic N) is 4. The number of unbranched alkanes of at least 4 members (excludes halogenated alkanes) is 1. The summed E-state index contributed by atoms with van der Waals surface area (Å²) in [5, 5.41) is 4.20. The number of nitrogens with one attached hydrogen (secondary N) is 1. The van der Waals surface area contributed by atoms with Crippen molar-refractivity contribution < 1.29 is 9.53 Å². The molecule has 202 valence electrons. The molecule has 0 atom stereocenters. The Balaban J connectivity index is 0.00000164. The zero-order valence-electron chi connectivity index (χ0n) is 23.5. The van der Waals surface area contributed by atoms with Crippen LogP contribution in [0.15, 0.2) is 42.5 Å². The summed E-state index contributed by atoms with van der Waals surface area (Å²) in [7, 11) is 3.26. The predicted octanol–water partition coefficient (Wildman–Crippen LogP) is 6.43. The molecule has 2 aromatic heterocycles. The van der Waals surface area contributed by atoms with Gasteiger partial charge in [-0.25, -0.2) is 14.8 Å². The molecule has 1 aliphatic heterocycles. The summed E-state index contributed by atoms with van der Waals surface area (Å²) >= 11 is 0. The number of ether oxygens (including phenoxy) is 1. The van der Waals surface area contributed by atoms with Crippen LogP contribution in [0.5, 0.6) is 0 Å². The second-order valence-corrected chi connectivity index (χ2v) is 9.65. The number of likely N-dealkylation sites (tertiary alicyclic amines) is 1. The van der Waals surface area contributed by atoms with Crippen LogP contribution in [0.1, 0.15) is 73.8 Å². The first kappa shape index (κ1) is 27.6. The van der Waals surface area contributed by atoms with E-state index in [0.29, 0.717) is 5.56 Å². The molecule has 5 rings (SSSR count). The van der Waals surface area contributed by atoms with Crippen molar-refractivity contribution in [1.29, 1.82) is 0 Å². The summed E-state index contributed by atoms with van der Waals surface area (Å²) in [6.45, 7) is 10.4. The Labute approximate surface area is 226 Å². The van der Waals surface area contributed by atoms with E-state index >= 15 is 0 Å². The van der Waals surface area contributed by atoms with E-state index in [-0.39, 0.29) is 5.97 Å². The molecule has 0 bridgehead atoms. The molecule has 38 heavy (non-hydrogen) atoms. The minimum Gasteiger partial charge on any atom is -0.465 e. The van der Waals surface area contributed by atoms with E-state index < -0.39 is 0 Å². The molecule has 1 N–H and O–H groups in total. The quantitative estimate of drug-likeness (QED) is 0.259. The molecule has 0 spiro atoms. The Bertz CT molecular complexity index is 1370. The number of fused-ring (bicyclic) bond motifs is 3. The van der Waals surface area contributed by atoms with Gasteiger partial charge >= 0.3 is 5.97 Å². The van der Waals surface area contributed by atoms with Crippen molar-refractivity contribution in [3.05, 3.63) is 65.0 Å². The van der Waals surface area contributed by atoms with Crippen LogP contribution < -0.4 is 5.32 Å². The van der Waals surface area contributed by atoms with Gasteiger partial charge in [0.05, 0.1) is 23.7 Å². The molecule has 1 saturated heterocycles. The fourth-order valence-electron chi connectivity index (χ4n) is 5.18. The van der Waals surface area contributed by atoms with Crippen molar-refractivity contribution in [1.82, 2.24) is 19.4 Å². The monoisotopic (exact) mass is 515 g/mol. The van der Waals surface area contributed by atoms with Gasteiger partial charge in [-0.3, -0.25) is 4.90 Å². The molecule has 0 aliphatic carbocycles. The summed E-state index contributed by atoms with van der Waals surface area (Å²) in [6, 6.07) is 14.6. The van der Waals surface area contributed by atoms with E-state index in [1.807, 2.05) is 33.0 Å². The highest BCUT2D eigenvalue weighted by Crippen LogP contribution is 2.32. The van der Waals surface area contributed by atoms with Gasteiger partial charge in [-0.2, -0.15) is 0 Å². The van der Waals surface area contributed by atoms with E-state index in [1.54, 1.807) is 6.07 Å². The van der Waals surface area contributed by atoms with E-state index in [2.05, 4.69) is 46.0 Å². The largest absolute Gasteiger partial charge is 0.465 e. The molecule has 1 aliphatic rings. The molecule has 0 unspecified atom stereocenters. The minimum absolute atomic E-state index is 0.365. The number of anilines is 1. The van der Waals surface area contributed by atoms with E-state index in [9.17, 15) is 4.79 Å². The number of pyridine rings is 1. The predicted molar refractivity (Wildman–Crippen MR) is 156 cm³/mol. The first-order valence-electron chi connectivity index (χ1n) is 14.0. The molecule has 4 aromatic rings. The molecule has 7 heteroatoms. The lowest BCUT2D eigenvalue weighted by atomic mass is 10.1. The highest BCUT2D eigenvalue weighted by Gasteiger charge is 2.20. The Morgan fingerprint density at radius 3 is 2.32 bits per heavy atom. The lowest BCUT2D eigenvalue weighted by Crippen LogP contribution is -2.18. The Morgan fingerprint density at radius 1 is 1.00 bits per heavy atom. The number of aromatic nitrogens is 3. The standard InChI is InChI=1S/C29H35N5O2.C2H6/c1-4-5-8-25-32-26-27(23-14-13-22(29(35)36-3)17-24(23)31-28(26)30-2)34(25)19-21-11-9-20(10-12-21)18-33-15-6-7-16-33;1-2/h9-14,17H,4-8,15-16,18-19H2,1-3H3,(H,30,31);1-2H3. The Morgan fingerprint density at radius 2 is 1.68 bits per heavy atom. The Hall–Kier alpha value is -3.45. The molecule has 7 nitrogen and oxygen atoms in total. The van der Waals surface area contributed by atoms with E-state index in [4.69, 9.17) is 14.7 Å². The van der Waals surface area contributed by atoms with Gasteiger partial charge in [-0.05, 0) is 61.7 Å². The zero-order valence-corrected chi connectivity index (χ0v) is 23.5. The second kappa shape index (κ2) is 12.9. The number of benzene rings is 2. The molecule has 0 saturated carbocycles. The highest BCUT2D eigenvalue weighted by molar-refractivity contribution is 6.08. The van der Waals surface area contributed by atoms with Crippen molar-refractivity contribution in [2.24, 2.45) is 0 Å². The van der Waals surface area contributed by atoms with Crippen molar-refractivity contribution in [2.75, 3.05) is 32.6 Å². The van der Waals surface area contributed by atoms with Crippen LogP contribution in [0, 0.1) is 0 Å². The normalized spacial score (nSPS) is 13.5. The smallest absolute Gasteiger partial charge is 0.337 e. The van der Waals surface area contributed by atoms with Gasteiger partial charge in [0.25, 0.3) is 0 Å². The van der Waals surface area contributed by atoms with Crippen molar-refractivity contribution in [3.63, 3.8) is 0 Å². The summed E-state index contributed by atoms with van der Waals surface area (Å²) in [5.74, 6) is 1.42. The van der Waals surface area contributed by atoms with Crippen molar-refractivity contribution in [2.45, 2.75) is 66.0 Å². The van der Waals surface area contributed by atoms with Crippen LogP contribution in [-0.2, 0) is 24.2 Å². The van der Waals surface area contributed by atoms with Gasteiger partial charge in [0.15, 0.2) is 5.82 Å². The van der Waals surface area contributed by atoms with Gasteiger partial charge < -0.3 is 14.6 Å². The number of imidazole rings is 1. The fraction of sp³-hybridized carbons (Fsp3) is 0.452.